The van der Waals surface area contributed by atoms with Crippen LogP contribution in [0.1, 0.15) is 46.5 Å². The molecular weight excluding hydrogens is 306 g/mol. The highest BCUT2D eigenvalue weighted by Gasteiger charge is 2.18. The van der Waals surface area contributed by atoms with Crippen molar-refractivity contribution in [2.75, 3.05) is 5.32 Å². The maximum atomic E-state index is 12.2. The molecule has 1 saturated carbocycles. The third kappa shape index (κ3) is 3.71. The fraction of sp³-hybridized carbons (Fsp3) is 0.278. The Labute approximate surface area is 140 Å². The van der Waals surface area contributed by atoms with E-state index in [1.54, 1.807) is 36.4 Å². The molecule has 2 aromatic rings. The Morgan fingerprint density at radius 1 is 1.00 bits per heavy atom. The number of carbonyl (C=O) groups excluding carboxylic acids is 2. The van der Waals surface area contributed by atoms with Crippen molar-refractivity contribution in [3.05, 3.63) is 65.1 Å². The summed E-state index contributed by atoms with van der Waals surface area (Å²) in [6.07, 6.45) is 5.66. The molecule has 1 aromatic heterocycles. The van der Waals surface area contributed by atoms with Gasteiger partial charge < -0.3 is 15.8 Å². The summed E-state index contributed by atoms with van der Waals surface area (Å²) in [7, 11) is 0. The van der Waals surface area contributed by atoms with Crippen LogP contribution in [-0.4, -0.2) is 17.9 Å². The summed E-state index contributed by atoms with van der Waals surface area (Å²) in [6.45, 7) is 0. The van der Waals surface area contributed by atoms with E-state index in [2.05, 4.69) is 10.6 Å². The Morgan fingerprint density at radius 3 is 2.38 bits per heavy atom. The van der Waals surface area contributed by atoms with Crippen molar-refractivity contribution in [3.8, 4) is 0 Å². The van der Waals surface area contributed by atoms with Gasteiger partial charge in [-0.25, -0.2) is 0 Å². The number of anilines is 1. The Hall–Kier alpha value is -2.89. The van der Waals surface area contributed by atoms with Gasteiger partial charge in [-0.05, 0) is 43.2 Å². The van der Waals surface area contributed by atoms with Crippen molar-refractivity contribution in [1.29, 1.82) is 0 Å². The van der Waals surface area contributed by atoms with Gasteiger partial charge in [0.15, 0.2) is 6.20 Å². The first-order valence-electron chi connectivity index (χ1n) is 8.04. The van der Waals surface area contributed by atoms with Crippen LogP contribution >= 0.6 is 0 Å². The second-order valence-electron chi connectivity index (χ2n) is 5.90. The van der Waals surface area contributed by atoms with Gasteiger partial charge in [0, 0.05) is 29.4 Å². The maximum absolute atomic E-state index is 12.2. The molecule has 3 rings (SSSR count). The summed E-state index contributed by atoms with van der Waals surface area (Å²) < 4.78 is 0.513. The molecule has 124 valence electrons. The number of pyridine rings is 1. The number of nitrogens with one attached hydrogen (secondary N) is 2. The lowest BCUT2D eigenvalue weighted by Crippen LogP contribution is -2.36. The Morgan fingerprint density at radius 2 is 1.71 bits per heavy atom. The van der Waals surface area contributed by atoms with E-state index < -0.39 is 5.91 Å². The van der Waals surface area contributed by atoms with E-state index >= 15 is 0 Å². The molecule has 1 fully saturated rings. The largest absolute Gasteiger partial charge is 0.618 e. The summed E-state index contributed by atoms with van der Waals surface area (Å²) in [5.74, 6) is -0.589. The number of rotatable bonds is 4. The molecule has 24 heavy (non-hydrogen) atoms. The smallest absolute Gasteiger partial charge is 0.321 e. The number of hydrogen-bond donors (Lipinski definition) is 2. The quantitative estimate of drug-likeness (QED) is 0.668. The first-order chi connectivity index (χ1) is 11.6. The van der Waals surface area contributed by atoms with Crippen molar-refractivity contribution in [2.45, 2.75) is 31.7 Å². The van der Waals surface area contributed by atoms with Gasteiger partial charge >= 0.3 is 5.91 Å². The van der Waals surface area contributed by atoms with Gasteiger partial charge in [-0.15, -0.1) is 0 Å². The first kappa shape index (κ1) is 16.0. The predicted octanol–water partition coefficient (Wildman–Crippen LogP) is 2.24. The van der Waals surface area contributed by atoms with Crippen molar-refractivity contribution in [3.63, 3.8) is 0 Å². The third-order valence-corrected chi connectivity index (χ3v) is 4.15. The summed E-state index contributed by atoms with van der Waals surface area (Å²) in [4.78, 5) is 24.2. The Kier molecular flexibility index (Phi) is 4.74. The molecule has 1 aliphatic carbocycles. The standard InChI is InChI=1S/C18H19N3O3/c22-17(19-14-5-1-2-6-14)13-8-10-15(11-9-13)20-18(23)16-7-3-4-12-21(16)24/h3-4,7-12,14H,1-2,5-6H2,(H,19,22)(H,20,23). The molecule has 0 aliphatic heterocycles. The zero-order chi connectivity index (χ0) is 16.9. The number of carbonyl (C=O) groups is 2. The minimum atomic E-state index is -0.492. The average molecular weight is 325 g/mol. The minimum Gasteiger partial charge on any atom is -0.618 e. The van der Waals surface area contributed by atoms with Crippen molar-refractivity contribution in [1.82, 2.24) is 5.32 Å². The Balaban J connectivity index is 1.63. The first-order valence-corrected chi connectivity index (χ1v) is 8.04. The van der Waals surface area contributed by atoms with Gasteiger partial charge in [0.05, 0.1) is 0 Å². The van der Waals surface area contributed by atoms with Gasteiger partial charge in [-0.2, -0.15) is 4.73 Å². The van der Waals surface area contributed by atoms with Crippen LogP contribution < -0.4 is 15.4 Å². The number of hydrogen-bond acceptors (Lipinski definition) is 3. The molecule has 6 nitrogen and oxygen atoms in total. The lowest BCUT2D eigenvalue weighted by molar-refractivity contribution is -0.607. The Bertz CT molecular complexity index is 737. The van der Waals surface area contributed by atoms with Crippen molar-refractivity contribution in [2.24, 2.45) is 0 Å². The van der Waals surface area contributed by atoms with Crippen LogP contribution in [0.25, 0.3) is 0 Å². The van der Waals surface area contributed by atoms with Crippen LogP contribution in [0.2, 0.25) is 0 Å². The molecular formula is C18H19N3O3. The minimum absolute atomic E-state index is 0.0144. The molecule has 0 unspecified atom stereocenters. The van der Waals surface area contributed by atoms with Crippen LogP contribution in [0.3, 0.4) is 0 Å². The molecule has 2 N–H and O–H groups in total. The molecule has 0 spiro atoms. The molecule has 0 atom stereocenters. The monoisotopic (exact) mass is 325 g/mol. The van der Waals surface area contributed by atoms with Crippen LogP contribution in [-0.2, 0) is 0 Å². The molecule has 0 bridgehead atoms. The van der Waals surface area contributed by atoms with Crippen molar-refractivity contribution >= 4 is 17.5 Å². The van der Waals surface area contributed by atoms with E-state index in [1.807, 2.05) is 0 Å². The zero-order valence-electron chi connectivity index (χ0n) is 13.2. The van der Waals surface area contributed by atoms with Gasteiger partial charge in [-0.1, -0.05) is 12.8 Å². The number of amides is 2. The van der Waals surface area contributed by atoms with Gasteiger partial charge in [0.25, 0.3) is 11.6 Å². The molecule has 6 heteroatoms. The highest BCUT2D eigenvalue weighted by molar-refractivity contribution is 6.02. The van der Waals surface area contributed by atoms with E-state index in [0.717, 1.165) is 25.7 Å². The number of aromatic nitrogens is 1. The number of nitrogens with zero attached hydrogens (tertiary/aromatic N) is 1. The third-order valence-electron chi connectivity index (χ3n) is 4.15. The molecule has 2 amide bonds. The maximum Gasteiger partial charge on any atom is 0.321 e. The predicted molar refractivity (Wildman–Crippen MR) is 89.5 cm³/mol. The second kappa shape index (κ2) is 7.12. The fourth-order valence-corrected chi connectivity index (χ4v) is 2.84. The molecule has 1 heterocycles. The highest BCUT2D eigenvalue weighted by Crippen LogP contribution is 2.18. The van der Waals surface area contributed by atoms with E-state index in [9.17, 15) is 14.8 Å². The number of benzene rings is 1. The summed E-state index contributed by atoms with van der Waals surface area (Å²) in [5, 5.41) is 17.2. The lowest BCUT2D eigenvalue weighted by Gasteiger charge is -2.12. The lowest BCUT2D eigenvalue weighted by atomic mass is 10.1. The van der Waals surface area contributed by atoms with E-state index in [-0.39, 0.29) is 17.6 Å². The molecule has 1 aliphatic rings. The summed E-state index contributed by atoms with van der Waals surface area (Å²) in [5.41, 5.74) is 1.10. The normalized spacial score (nSPS) is 14.3. The summed E-state index contributed by atoms with van der Waals surface area (Å²) >= 11 is 0. The topological polar surface area (TPSA) is 85.1 Å². The van der Waals surface area contributed by atoms with E-state index in [4.69, 9.17) is 0 Å². The second-order valence-corrected chi connectivity index (χ2v) is 5.90. The highest BCUT2D eigenvalue weighted by atomic mass is 16.5. The van der Waals surface area contributed by atoms with Crippen molar-refractivity contribution < 1.29 is 14.3 Å². The van der Waals surface area contributed by atoms with Crippen LogP contribution in [0, 0.1) is 5.21 Å². The zero-order valence-corrected chi connectivity index (χ0v) is 13.2. The fourth-order valence-electron chi connectivity index (χ4n) is 2.84. The van der Waals surface area contributed by atoms with Crippen LogP contribution in [0.4, 0.5) is 5.69 Å². The average Bonchev–Trinajstić information content (AvgIpc) is 3.08. The van der Waals surface area contributed by atoms with Gasteiger partial charge in [0.2, 0.25) is 0 Å². The molecule has 0 saturated heterocycles. The van der Waals surface area contributed by atoms with Gasteiger partial charge in [0.1, 0.15) is 0 Å². The molecule has 1 aromatic carbocycles. The molecule has 0 radical (unpaired) electrons. The van der Waals surface area contributed by atoms with Crippen LogP contribution in [0.5, 0.6) is 0 Å². The van der Waals surface area contributed by atoms with Crippen LogP contribution in [0.15, 0.2) is 48.7 Å². The van der Waals surface area contributed by atoms with Gasteiger partial charge in [-0.3, -0.25) is 9.59 Å². The van der Waals surface area contributed by atoms with E-state index in [1.165, 1.54) is 12.3 Å². The summed E-state index contributed by atoms with van der Waals surface area (Å²) in [6, 6.07) is 11.5. The van der Waals surface area contributed by atoms with E-state index in [0.29, 0.717) is 16.0 Å². The SMILES string of the molecule is O=C(NC1CCCC1)c1ccc(NC(=O)c2cccc[n+]2[O-])cc1.